The zero-order valence-corrected chi connectivity index (χ0v) is 9.07. The number of hydrogen-bond acceptors (Lipinski definition) is 4. The highest BCUT2D eigenvalue weighted by atomic mass is 15.0. The van der Waals surface area contributed by atoms with Crippen LogP contribution in [0, 0.1) is 6.92 Å². The van der Waals surface area contributed by atoms with Gasteiger partial charge >= 0.3 is 0 Å². The molecule has 1 aliphatic heterocycles. The molecule has 1 N–H and O–H groups in total. The number of nitrogens with zero attached hydrogens (tertiary/aromatic N) is 3. The molecule has 0 saturated carbocycles. The van der Waals surface area contributed by atoms with Crippen LogP contribution >= 0.6 is 0 Å². The van der Waals surface area contributed by atoms with Gasteiger partial charge < -0.3 is 5.32 Å². The SMILES string of the molecule is Cc1nc2c(c(-c3ccccn3)n1)CNC2. The lowest BCUT2D eigenvalue weighted by molar-refractivity contribution is 0.757. The summed E-state index contributed by atoms with van der Waals surface area (Å²) < 4.78 is 0. The van der Waals surface area contributed by atoms with Crippen LogP contribution in [0.4, 0.5) is 0 Å². The molecule has 0 amide bonds. The van der Waals surface area contributed by atoms with Gasteiger partial charge in [-0.05, 0) is 19.1 Å². The maximum atomic E-state index is 4.50. The highest BCUT2D eigenvalue weighted by molar-refractivity contribution is 5.60. The van der Waals surface area contributed by atoms with Gasteiger partial charge in [-0.25, -0.2) is 9.97 Å². The van der Waals surface area contributed by atoms with Gasteiger partial charge in [-0.3, -0.25) is 4.98 Å². The Balaban J connectivity index is 2.21. The maximum Gasteiger partial charge on any atom is 0.126 e. The maximum absolute atomic E-state index is 4.50. The van der Waals surface area contributed by atoms with E-state index in [0.29, 0.717) is 0 Å². The van der Waals surface area contributed by atoms with Crippen molar-refractivity contribution in [3.05, 3.63) is 41.5 Å². The summed E-state index contributed by atoms with van der Waals surface area (Å²) in [6.45, 7) is 3.59. The number of nitrogens with one attached hydrogen (secondary N) is 1. The van der Waals surface area contributed by atoms with Crippen LogP contribution in [0.3, 0.4) is 0 Å². The summed E-state index contributed by atoms with van der Waals surface area (Å²) in [6, 6.07) is 5.88. The van der Waals surface area contributed by atoms with Gasteiger partial charge in [0.15, 0.2) is 0 Å². The fourth-order valence-corrected chi connectivity index (χ4v) is 2.01. The van der Waals surface area contributed by atoms with E-state index in [1.807, 2.05) is 25.1 Å². The molecule has 4 nitrogen and oxygen atoms in total. The topological polar surface area (TPSA) is 50.7 Å². The molecule has 0 bridgehead atoms. The lowest BCUT2D eigenvalue weighted by Gasteiger charge is -2.06. The molecule has 2 aromatic heterocycles. The quantitative estimate of drug-likeness (QED) is 0.777. The minimum atomic E-state index is 0.808. The summed E-state index contributed by atoms with van der Waals surface area (Å²) >= 11 is 0. The van der Waals surface area contributed by atoms with Crippen molar-refractivity contribution in [1.29, 1.82) is 0 Å². The summed E-state index contributed by atoms with van der Waals surface area (Å²) in [4.78, 5) is 13.3. The molecule has 16 heavy (non-hydrogen) atoms. The molecule has 4 heteroatoms. The Morgan fingerprint density at radius 1 is 1.19 bits per heavy atom. The van der Waals surface area contributed by atoms with E-state index in [0.717, 1.165) is 36.0 Å². The Morgan fingerprint density at radius 3 is 2.94 bits per heavy atom. The van der Waals surface area contributed by atoms with E-state index in [9.17, 15) is 0 Å². The highest BCUT2D eigenvalue weighted by Crippen LogP contribution is 2.24. The molecular formula is C12H12N4. The molecule has 0 fully saturated rings. The second-order valence-corrected chi connectivity index (χ2v) is 3.86. The van der Waals surface area contributed by atoms with Gasteiger partial charge in [-0.15, -0.1) is 0 Å². The van der Waals surface area contributed by atoms with Gasteiger partial charge in [0, 0.05) is 24.8 Å². The number of aryl methyl sites for hydroxylation is 1. The van der Waals surface area contributed by atoms with E-state index < -0.39 is 0 Å². The standard InChI is InChI=1S/C12H12N4/c1-8-15-11-7-13-6-9(11)12(16-8)10-4-2-3-5-14-10/h2-5,13H,6-7H2,1H3. The van der Waals surface area contributed by atoms with Crippen molar-refractivity contribution in [2.24, 2.45) is 0 Å². The fraction of sp³-hybridized carbons (Fsp3) is 0.250. The fourth-order valence-electron chi connectivity index (χ4n) is 2.01. The van der Waals surface area contributed by atoms with Crippen molar-refractivity contribution in [3.63, 3.8) is 0 Å². The van der Waals surface area contributed by atoms with Crippen LogP contribution in [0.25, 0.3) is 11.4 Å². The first-order chi connectivity index (χ1) is 7.84. The van der Waals surface area contributed by atoms with Crippen LogP contribution in [-0.4, -0.2) is 15.0 Å². The number of hydrogen-bond donors (Lipinski definition) is 1. The van der Waals surface area contributed by atoms with Gasteiger partial charge in [-0.2, -0.15) is 0 Å². The first-order valence-corrected chi connectivity index (χ1v) is 5.33. The van der Waals surface area contributed by atoms with Gasteiger partial charge in [0.05, 0.1) is 17.1 Å². The van der Waals surface area contributed by atoms with Crippen LogP contribution < -0.4 is 5.32 Å². The van der Waals surface area contributed by atoms with Crippen molar-refractivity contribution in [1.82, 2.24) is 20.3 Å². The second kappa shape index (κ2) is 3.64. The van der Waals surface area contributed by atoms with Crippen LogP contribution in [-0.2, 0) is 13.1 Å². The number of fused-ring (bicyclic) bond motifs is 1. The van der Waals surface area contributed by atoms with Crippen molar-refractivity contribution < 1.29 is 0 Å². The van der Waals surface area contributed by atoms with Crippen LogP contribution in [0.15, 0.2) is 24.4 Å². The molecule has 3 heterocycles. The Hall–Kier alpha value is -1.81. The molecule has 0 unspecified atom stereocenters. The normalized spacial score (nSPS) is 13.8. The van der Waals surface area contributed by atoms with E-state index in [1.54, 1.807) is 6.20 Å². The third kappa shape index (κ3) is 1.47. The molecule has 0 aliphatic carbocycles. The molecule has 2 aromatic rings. The number of rotatable bonds is 1. The molecule has 0 spiro atoms. The van der Waals surface area contributed by atoms with Gasteiger partial charge in [0.2, 0.25) is 0 Å². The van der Waals surface area contributed by atoms with E-state index in [1.165, 1.54) is 5.56 Å². The first-order valence-electron chi connectivity index (χ1n) is 5.33. The average Bonchev–Trinajstić information content (AvgIpc) is 2.77. The first kappa shape index (κ1) is 9.42. The molecule has 80 valence electrons. The van der Waals surface area contributed by atoms with E-state index >= 15 is 0 Å². The molecular weight excluding hydrogens is 200 g/mol. The van der Waals surface area contributed by atoms with E-state index in [4.69, 9.17) is 0 Å². The number of aromatic nitrogens is 3. The Labute approximate surface area is 93.8 Å². The molecule has 0 saturated heterocycles. The van der Waals surface area contributed by atoms with E-state index in [-0.39, 0.29) is 0 Å². The zero-order valence-electron chi connectivity index (χ0n) is 9.07. The average molecular weight is 212 g/mol. The Kier molecular flexibility index (Phi) is 2.15. The van der Waals surface area contributed by atoms with Crippen LogP contribution in [0.5, 0.6) is 0 Å². The van der Waals surface area contributed by atoms with Crippen molar-refractivity contribution >= 4 is 0 Å². The Bertz CT molecular complexity index is 522. The Morgan fingerprint density at radius 2 is 2.12 bits per heavy atom. The summed E-state index contributed by atoms with van der Waals surface area (Å²) in [5.74, 6) is 0.808. The largest absolute Gasteiger partial charge is 0.307 e. The predicted molar refractivity (Wildman–Crippen MR) is 60.5 cm³/mol. The third-order valence-electron chi connectivity index (χ3n) is 2.71. The van der Waals surface area contributed by atoms with Crippen LogP contribution in [0.2, 0.25) is 0 Å². The van der Waals surface area contributed by atoms with Gasteiger partial charge in [-0.1, -0.05) is 6.07 Å². The predicted octanol–water partition coefficient (Wildman–Crippen LogP) is 1.45. The third-order valence-corrected chi connectivity index (χ3v) is 2.71. The summed E-state index contributed by atoms with van der Waals surface area (Å²) in [7, 11) is 0. The second-order valence-electron chi connectivity index (χ2n) is 3.86. The minimum absolute atomic E-state index is 0.808. The van der Waals surface area contributed by atoms with Crippen molar-refractivity contribution in [2.45, 2.75) is 20.0 Å². The lowest BCUT2D eigenvalue weighted by atomic mass is 10.1. The molecule has 0 aromatic carbocycles. The minimum Gasteiger partial charge on any atom is -0.307 e. The highest BCUT2D eigenvalue weighted by Gasteiger charge is 2.19. The van der Waals surface area contributed by atoms with Gasteiger partial charge in [0.1, 0.15) is 5.82 Å². The summed E-state index contributed by atoms with van der Waals surface area (Å²) in [5.41, 5.74) is 4.18. The summed E-state index contributed by atoms with van der Waals surface area (Å²) in [5, 5.41) is 3.29. The van der Waals surface area contributed by atoms with E-state index in [2.05, 4.69) is 20.3 Å². The van der Waals surface area contributed by atoms with Crippen molar-refractivity contribution in [2.75, 3.05) is 0 Å². The zero-order chi connectivity index (χ0) is 11.0. The van der Waals surface area contributed by atoms with Gasteiger partial charge in [0.25, 0.3) is 0 Å². The smallest absolute Gasteiger partial charge is 0.126 e. The summed E-state index contributed by atoms with van der Waals surface area (Å²) in [6.07, 6.45) is 1.79. The lowest BCUT2D eigenvalue weighted by Crippen LogP contribution is -2.01. The molecule has 0 radical (unpaired) electrons. The monoisotopic (exact) mass is 212 g/mol. The molecule has 0 atom stereocenters. The van der Waals surface area contributed by atoms with Crippen LogP contribution in [0.1, 0.15) is 17.1 Å². The van der Waals surface area contributed by atoms with Crippen molar-refractivity contribution in [3.8, 4) is 11.4 Å². The molecule has 1 aliphatic rings. The number of pyridine rings is 1. The molecule has 3 rings (SSSR count).